The zero-order valence-electron chi connectivity index (χ0n) is 7.23. The van der Waals surface area contributed by atoms with Gasteiger partial charge in [-0.25, -0.2) is 0 Å². The normalized spacial score (nSPS) is 15.9. The smallest absolute Gasteiger partial charge is 0.133 e. The van der Waals surface area contributed by atoms with Gasteiger partial charge in [0.2, 0.25) is 0 Å². The van der Waals surface area contributed by atoms with Crippen LogP contribution in [-0.4, -0.2) is 17.2 Å². The molecule has 1 aliphatic rings. The van der Waals surface area contributed by atoms with E-state index in [0.29, 0.717) is 6.42 Å². The molecule has 0 bridgehead atoms. The summed E-state index contributed by atoms with van der Waals surface area (Å²) in [5, 5.41) is 0. The summed E-state index contributed by atoms with van der Waals surface area (Å²) in [6.07, 6.45) is 12.4. The highest BCUT2D eigenvalue weighted by molar-refractivity contribution is 5.76. The first-order valence-electron chi connectivity index (χ1n) is 4.04. The van der Waals surface area contributed by atoms with E-state index in [-0.39, 0.29) is 5.78 Å². The minimum absolute atomic E-state index is 0.197. The molecule has 12 heavy (non-hydrogen) atoms. The van der Waals surface area contributed by atoms with Gasteiger partial charge in [0, 0.05) is 25.4 Å². The molecule has 0 aromatic heterocycles. The van der Waals surface area contributed by atoms with Crippen molar-refractivity contribution in [2.24, 2.45) is 0 Å². The molecule has 0 aliphatic carbocycles. The van der Waals surface area contributed by atoms with Crippen molar-refractivity contribution < 1.29 is 4.79 Å². The summed E-state index contributed by atoms with van der Waals surface area (Å²) < 4.78 is 0. The molecule has 1 heterocycles. The van der Waals surface area contributed by atoms with E-state index in [1.807, 2.05) is 35.5 Å². The number of Topliss-reactive ketones (excluding diaryl/α,β-unsaturated/α-hetero) is 1. The molecule has 2 heteroatoms. The minimum Gasteiger partial charge on any atom is -0.351 e. The number of hydrogen-bond donors (Lipinski definition) is 0. The highest BCUT2D eigenvalue weighted by Gasteiger charge is 1.93. The highest BCUT2D eigenvalue weighted by Crippen LogP contribution is 1.99. The Morgan fingerprint density at radius 1 is 1.58 bits per heavy atom. The number of allylic oxidation sites excluding steroid dienone is 3. The van der Waals surface area contributed by atoms with Gasteiger partial charge in [-0.15, -0.1) is 0 Å². The van der Waals surface area contributed by atoms with Crippen molar-refractivity contribution in [2.45, 2.75) is 13.3 Å². The molecule has 0 radical (unpaired) electrons. The highest BCUT2D eigenvalue weighted by atomic mass is 16.1. The number of carbonyl (C=O) groups is 1. The van der Waals surface area contributed by atoms with Crippen LogP contribution < -0.4 is 0 Å². The van der Waals surface area contributed by atoms with Crippen molar-refractivity contribution in [1.29, 1.82) is 0 Å². The van der Waals surface area contributed by atoms with E-state index < -0.39 is 0 Å². The van der Waals surface area contributed by atoms with E-state index in [1.165, 1.54) is 0 Å². The van der Waals surface area contributed by atoms with Crippen LogP contribution in [0.2, 0.25) is 0 Å². The van der Waals surface area contributed by atoms with Crippen LogP contribution in [0.25, 0.3) is 0 Å². The van der Waals surface area contributed by atoms with E-state index >= 15 is 0 Å². The SMILES string of the molecule is CC(=O)CC=CN1C=CC=CC1. The largest absolute Gasteiger partial charge is 0.351 e. The molecule has 1 rings (SSSR count). The van der Waals surface area contributed by atoms with Gasteiger partial charge < -0.3 is 4.90 Å². The first-order valence-corrected chi connectivity index (χ1v) is 4.04. The zero-order valence-corrected chi connectivity index (χ0v) is 7.23. The average Bonchev–Trinajstić information content (AvgIpc) is 2.05. The maximum atomic E-state index is 10.6. The molecule has 0 aromatic carbocycles. The number of rotatable bonds is 3. The lowest BCUT2D eigenvalue weighted by Crippen LogP contribution is -2.10. The number of ketones is 1. The summed E-state index contributed by atoms with van der Waals surface area (Å²) in [5.41, 5.74) is 0. The molecule has 0 aromatic rings. The molecule has 0 spiro atoms. The molecule has 64 valence electrons. The predicted octanol–water partition coefficient (Wildman–Crippen LogP) is 1.86. The lowest BCUT2D eigenvalue weighted by atomic mass is 10.3. The molecule has 0 saturated heterocycles. The van der Waals surface area contributed by atoms with Gasteiger partial charge in [0.15, 0.2) is 0 Å². The van der Waals surface area contributed by atoms with Crippen molar-refractivity contribution in [1.82, 2.24) is 4.90 Å². The van der Waals surface area contributed by atoms with Crippen molar-refractivity contribution in [3.8, 4) is 0 Å². The van der Waals surface area contributed by atoms with E-state index in [0.717, 1.165) is 6.54 Å². The van der Waals surface area contributed by atoms with E-state index in [4.69, 9.17) is 0 Å². The fraction of sp³-hybridized carbons (Fsp3) is 0.300. The maximum absolute atomic E-state index is 10.6. The van der Waals surface area contributed by atoms with Crippen LogP contribution in [0, 0.1) is 0 Å². The molecule has 2 nitrogen and oxygen atoms in total. The first-order chi connectivity index (χ1) is 5.79. The monoisotopic (exact) mass is 163 g/mol. The molecule has 0 amide bonds. The Bertz CT molecular complexity index is 238. The van der Waals surface area contributed by atoms with Gasteiger partial charge in [-0.2, -0.15) is 0 Å². The third-order valence-corrected chi connectivity index (χ3v) is 1.54. The van der Waals surface area contributed by atoms with Gasteiger partial charge in [-0.05, 0) is 13.0 Å². The summed E-state index contributed by atoms with van der Waals surface area (Å²) in [4.78, 5) is 12.6. The summed E-state index contributed by atoms with van der Waals surface area (Å²) in [6.45, 7) is 2.49. The Morgan fingerprint density at radius 2 is 2.42 bits per heavy atom. The topological polar surface area (TPSA) is 20.3 Å². The van der Waals surface area contributed by atoms with Crippen LogP contribution in [-0.2, 0) is 4.79 Å². The third-order valence-electron chi connectivity index (χ3n) is 1.54. The van der Waals surface area contributed by atoms with Crippen LogP contribution >= 0.6 is 0 Å². The van der Waals surface area contributed by atoms with E-state index in [9.17, 15) is 4.79 Å². The van der Waals surface area contributed by atoms with Crippen molar-refractivity contribution in [2.75, 3.05) is 6.54 Å². The van der Waals surface area contributed by atoms with E-state index in [1.54, 1.807) is 6.92 Å². The molecular weight excluding hydrogens is 150 g/mol. The van der Waals surface area contributed by atoms with Crippen molar-refractivity contribution in [3.05, 3.63) is 36.7 Å². The second-order valence-corrected chi connectivity index (χ2v) is 2.76. The molecule has 0 fully saturated rings. The molecule has 0 atom stereocenters. The lowest BCUT2D eigenvalue weighted by Gasteiger charge is -2.14. The van der Waals surface area contributed by atoms with Crippen LogP contribution in [0.15, 0.2) is 36.7 Å². The minimum atomic E-state index is 0.197. The lowest BCUT2D eigenvalue weighted by molar-refractivity contribution is -0.116. The Kier molecular flexibility index (Phi) is 3.33. The average molecular weight is 163 g/mol. The Hall–Kier alpha value is -1.31. The van der Waals surface area contributed by atoms with Gasteiger partial charge in [-0.1, -0.05) is 18.2 Å². The molecule has 1 aliphatic heterocycles. The van der Waals surface area contributed by atoms with Gasteiger partial charge in [0.1, 0.15) is 5.78 Å². The third kappa shape index (κ3) is 3.19. The quantitative estimate of drug-likeness (QED) is 0.633. The Balaban J connectivity index is 2.31. The fourth-order valence-corrected chi connectivity index (χ4v) is 0.947. The summed E-state index contributed by atoms with van der Waals surface area (Å²) in [7, 11) is 0. The molecule has 0 unspecified atom stereocenters. The maximum Gasteiger partial charge on any atom is 0.133 e. The molecule has 0 N–H and O–H groups in total. The van der Waals surface area contributed by atoms with Crippen molar-refractivity contribution in [3.63, 3.8) is 0 Å². The van der Waals surface area contributed by atoms with Crippen LogP contribution in [0.4, 0.5) is 0 Å². The fourth-order valence-electron chi connectivity index (χ4n) is 0.947. The Morgan fingerprint density at radius 3 is 3.00 bits per heavy atom. The van der Waals surface area contributed by atoms with Crippen LogP contribution in [0.1, 0.15) is 13.3 Å². The summed E-state index contributed by atoms with van der Waals surface area (Å²) in [6, 6.07) is 0. The second kappa shape index (κ2) is 4.54. The van der Waals surface area contributed by atoms with Crippen LogP contribution in [0.5, 0.6) is 0 Å². The van der Waals surface area contributed by atoms with Crippen LogP contribution in [0.3, 0.4) is 0 Å². The second-order valence-electron chi connectivity index (χ2n) is 2.76. The Labute approximate surface area is 72.9 Å². The summed E-state index contributed by atoms with van der Waals surface area (Å²) in [5.74, 6) is 0.197. The standard InChI is InChI=1S/C10H13NO/c1-10(12)6-5-9-11-7-3-2-4-8-11/h2-5,7,9H,6,8H2,1H3. The molecular formula is C10H13NO. The van der Waals surface area contributed by atoms with E-state index in [2.05, 4.69) is 6.08 Å². The van der Waals surface area contributed by atoms with Gasteiger partial charge in [0.25, 0.3) is 0 Å². The van der Waals surface area contributed by atoms with Gasteiger partial charge >= 0.3 is 0 Å². The number of carbonyl (C=O) groups excluding carboxylic acids is 1. The predicted molar refractivity (Wildman–Crippen MR) is 49.4 cm³/mol. The van der Waals surface area contributed by atoms with Gasteiger partial charge in [-0.3, -0.25) is 4.79 Å². The molecule has 0 saturated carbocycles. The zero-order chi connectivity index (χ0) is 8.81. The first kappa shape index (κ1) is 8.78. The van der Waals surface area contributed by atoms with Crippen molar-refractivity contribution >= 4 is 5.78 Å². The van der Waals surface area contributed by atoms with Gasteiger partial charge in [0.05, 0.1) is 0 Å². The summed E-state index contributed by atoms with van der Waals surface area (Å²) >= 11 is 0. The number of hydrogen-bond acceptors (Lipinski definition) is 2. The number of nitrogens with zero attached hydrogens (tertiary/aromatic N) is 1.